The van der Waals surface area contributed by atoms with E-state index in [0.29, 0.717) is 23.2 Å². The highest BCUT2D eigenvalue weighted by atomic mass is 32.2. The largest absolute Gasteiger partial charge is 0.543 e. The molecule has 0 radical (unpaired) electrons. The fraction of sp³-hybridized carbons (Fsp3) is 0.333. The van der Waals surface area contributed by atoms with Crippen molar-refractivity contribution in [3.05, 3.63) is 114 Å². The molecule has 0 saturated carbocycles. The number of phenols is 1. The first-order chi connectivity index (χ1) is 20.2. The number of thioether (sulfide) groups is 1. The summed E-state index contributed by atoms with van der Waals surface area (Å²) in [5.41, 5.74) is 4.75. The number of aromatic hydroxyl groups is 1. The Hall–Kier alpha value is -3.35. The lowest BCUT2D eigenvalue weighted by molar-refractivity contribution is 0.190. The van der Waals surface area contributed by atoms with E-state index in [1.165, 1.54) is 0 Å². The minimum atomic E-state index is -2.11. The van der Waals surface area contributed by atoms with Gasteiger partial charge in [0, 0.05) is 0 Å². The van der Waals surface area contributed by atoms with E-state index in [-0.39, 0.29) is 17.1 Å². The SMILES string of the molecule is CC(C)[Si](Oc1cccc(C2Sc3cc(OCc4ccccc4)ccc3OC2c2ccc(O)cc2)c1)(C(C)C)C(C)C. The number of rotatable bonds is 10. The van der Waals surface area contributed by atoms with Gasteiger partial charge in [0.25, 0.3) is 8.32 Å². The first-order valence-electron chi connectivity index (χ1n) is 14.9. The van der Waals surface area contributed by atoms with Crippen LogP contribution in [0.1, 0.15) is 69.6 Å². The lowest BCUT2D eigenvalue weighted by Crippen LogP contribution is -2.50. The summed E-state index contributed by atoms with van der Waals surface area (Å²) in [6.45, 7) is 14.4. The number of phenolic OH excluding ortho intramolecular Hbond substituents is 1. The molecular weight excluding hydrogens is 557 g/mol. The highest BCUT2D eigenvalue weighted by Crippen LogP contribution is 2.54. The molecule has 4 aromatic carbocycles. The molecule has 42 heavy (non-hydrogen) atoms. The van der Waals surface area contributed by atoms with Crippen LogP contribution in [0.25, 0.3) is 0 Å². The van der Waals surface area contributed by atoms with Gasteiger partial charge in [0.05, 0.1) is 10.1 Å². The molecule has 0 fully saturated rings. The third-order valence-corrected chi connectivity index (χ3v) is 15.7. The normalized spacial score (nSPS) is 16.8. The average molecular weight is 599 g/mol. The molecule has 2 atom stereocenters. The number of fused-ring (bicyclic) bond motifs is 1. The maximum absolute atomic E-state index is 9.97. The Kier molecular flexibility index (Phi) is 9.24. The van der Waals surface area contributed by atoms with Crippen molar-refractivity contribution in [2.24, 2.45) is 0 Å². The molecule has 5 rings (SSSR count). The molecular formula is C36H42O4SSi. The summed E-state index contributed by atoms with van der Waals surface area (Å²) in [4.78, 5) is 1.04. The Morgan fingerprint density at radius 3 is 2.10 bits per heavy atom. The van der Waals surface area contributed by atoms with Gasteiger partial charge in [0.15, 0.2) is 0 Å². The van der Waals surface area contributed by atoms with E-state index in [9.17, 15) is 5.11 Å². The Morgan fingerprint density at radius 2 is 1.43 bits per heavy atom. The van der Waals surface area contributed by atoms with Crippen LogP contribution in [0.15, 0.2) is 102 Å². The van der Waals surface area contributed by atoms with Crippen molar-refractivity contribution in [1.29, 1.82) is 0 Å². The maximum atomic E-state index is 9.97. The third kappa shape index (κ3) is 6.35. The number of hydrogen-bond acceptors (Lipinski definition) is 5. The summed E-state index contributed by atoms with van der Waals surface area (Å²) in [5.74, 6) is 2.83. The van der Waals surface area contributed by atoms with E-state index < -0.39 is 8.32 Å². The van der Waals surface area contributed by atoms with Crippen LogP contribution in [-0.2, 0) is 6.61 Å². The minimum absolute atomic E-state index is 0.0248. The minimum Gasteiger partial charge on any atom is -0.543 e. The van der Waals surface area contributed by atoms with E-state index in [1.54, 1.807) is 23.9 Å². The molecule has 4 aromatic rings. The molecule has 0 spiro atoms. The Labute approximate surface area is 256 Å². The molecule has 0 aromatic heterocycles. The Balaban J connectivity index is 1.48. The first kappa shape index (κ1) is 30.1. The van der Waals surface area contributed by atoms with Crippen LogP contribution in [-0.4, -0.2) is 13.4 Å². The zero-order valence-corrected chi connectivity index (χ0v) is 27.2. The molecule has 6 heteroatoms. The standard InChI is InChI=1S/C36H42O4SSi/c1-24(2)42(25(3)4,26(5)6)40-32-14-10-13-29(21-32)36-35(28-15-17-30(37)18-16-28)39-33-20-19-31(22-34(33)41-36)38-23-27-11-8-7-9-12-27/h7-22,24-26,35-37H,23H2,1-6H3. The monoisotopic (exact) mass is 598 g/mol. The van der Waals surface area contributed by atoms with E-state index in [4.69, 9.17) is 13.9 Å². The summed E-state index contributed by atoms with van der Waals surface area (Å²) in [6.07, 6.45) is -0.239. The van der Waals surface area contributed by atoms with Crippen molar-refractivity contribution in [2.75, 3.05) is 0 Å². The second kappa shape index (κ2) is 12.9. The second-order valence-electron chi connectivity index (χ2n) is 12.0. The maximum Gasteiger partial charge on any atom is 0.258 e. The second-order valence-corrected chi connectivity index (χ2v) is 18.6. The molecule has 220 valence electrons. The fourth-order valence-corrected chi connectivity index (χ4v) is 12.9. The van der Waals surface area contributed by atoms with Crippen LogP contribution in [0.4, 0.5) is 0 Å². The smallest absolute Gasteiger partial charge is 0.258 e. The van der Waals surface area contributed by atoms with Gasteiger partial charge >= 0.3 is 0 Å². The number of hydrogen-bond donors (Lipinski definition) is 1. The van der Waals surface area contributed by atoms with E-state index in [1.807, 2.05) is 42.5 Å². The molecule has 0 bridgehead atoms. The molecule has 4 nitrogen and oxygen atoms in total. The summed E-state index contributed by atoms with van der Waals surface area (Å²) in [5, 5.41) is 9.94. The van der Waals surface area contributed by atoms with E-state index >= 15 is 0 Å². The van der Waals surface area contributed by atoms with Gasteiger partial charge in [-0.1, -0.05) is 96.1 Å². The van der Waals surface area contributed by atoms with Crippen molar-refractivity contribution in [3.63, 3.8) is 0 Å². The van der Waals surface area contributed by atoms with Crippen molar-refractivity contribution in [2.45, 2.75) is 81.0 Å². The molecule has 1 heterocycles. The van der Waals surface area contributed by atoms with Crippen molar-refractivity contribution in [3.8, 4) is 23.0 Å². The van der Waals surface area contributed by atoms with Crippen molar-refractivity contribution < 1.29 is 19.0 Å². The van der Waals surface area contributed by atoms with Gasteiger partial charge in [-0.3, -0.25) is 0 Å². The molecule has 0 amide bonds. The van der Waals surface area contributed by atoms with Crippen molar-refractivity contribution in [1.82, 2.24) is 0 Å². The van der Waals surface area contributed by atoms with Gasteiger partial charge in [-0.05, 0) is 75.8 Å². The third-order valence-electron chi connectivity index (χ3n) is 8.36. The highest BCUT2D eigenvalue weighted by molar-refractivity contribution is 7.99. The average Bonchev–Trinajstić information content (AvgIpc) is 2.98. The van der Waals surface area contributed by atoms with E-state index in [2.05, 4.69) is 84.0 Å². The summed E-state index contributed by atoms with van der Waals surface area (Å²) in [6, 6.07) is 32.2. The molecule has 1 N–H and O–H groups in total. The van der Waals surface area contributed by atoms with Gasteiger partial charge < -0.3 is 19.0 Å². The summed E-state index contributed by atoms with van der Waals surface area (Å²) >= 11 is 1.79. The molecule has 1 aliphatic rings. The van der Waals surface area contributed by atoms with Gasteiger partial charge in [0.1, 0.15) is 35.7 Å². The number of benzene rings is 4. The van der Waals surface area contributed by atoms with Crippen LogP contribution in [0, 0.1) is 0 Å². The first-order valence-corrected chi connectivity index (χ1v) is 17.9. The molecule has 2 unspecified atom stereocenters. The van der Waals surface area contributed by atoms with Gasteiger partial charge in [-0.25, -0.2) is 0 Å². The Morgan fingerprint density at radius 1 is 0.738 bits per heavy atom. The van der Waals surface area contributed by atoms with Gasteiger partial charge in [-0.2, -0.15) is 0 Å². The van der Waals surface area contributed by atoms with Crippen LogP contribution in [0.5, 0.6) is 23.0 Å². The molecule has 0 saturated heterocycles. The van der Waals surface area contributed by atoms with Crippen LogP contribution in [0.3, 0.4) is 0 Å². The topological polar surface area (TPSA) is 47.9 Å². The lowest BCUT2D eigenvalue weighted by atomic mass is 10.00. The number of ether oxygens (including phenoxy) is 2. The summed E-state index contributed by atoms with van der Waals surface area (Å²) < 4.78 is 19.9. The predicted octanol–water partition coefficient (Wildman–Crippen LogP) is 10.5. The van der Waals surface area contributed by atoms with E-state index in [0.717, 1.165) is 38.8 Å². The molecule has 1 aliphatic heterocycles. The van der Waals surface area contributed by atoms with Crippen LogP contribution in [0.2, 0.25) is 16.6 Å². The zero-order chi connectivity index (χ0) is 29.9. The van der Waals surface area contributed by atoms with Gasteiger partial charge in [0.2, 0.25) is 0 Å². The summed E-state index contributed by atoms with van der Waals surface area (Å²) in [7, 11) is -2.11. The zero-order valence-electron chi connectivity index (χ0n) is 25.4. The quantitative estimate of drug-likeness (QED) is 0.184. The Bertz CT molecular complexity index is 1450. The predicted molar refractivity (Wildman–Crippen MR) is 175 cm³/mol. The van der Waals surface area contributed by atoms with Gasteiger partial charge in [-0.15, -0.1) is 11.8 Å². The van der Waals surface area contributed by atoms with Crippen LogP contribution < -0.4 is 13.9 Å². The lowest BCUT2D eigenvalue weighted by Gasteiger charge is -2.42. The van der Waals surface area contributed by atoms with Crippen LogP contribution >= 0.6 is 11.8 Å². The fourth-order valence-electron chi connectivity index (χ4n) is 6.37. The molecule has 0 aliphatic carbocycles. The van der Waals surface area contributed by atoms with Crippen molar-refractivity contribution >= 4 is 20.1 Å². The highest BCUT2D eigenvalue weighted by Gasteiger charge is 2.47.